The molecule has 0 saturated heterocycles. The summed E-state index contributed by atoms with van der Waals surface area (Å²) in [6, 6.07) is 7.14. The van der Waals surface area contributed by atoms with Gasteiger partial charge in [0.25, 0.3) is 0 Å². The van der Waals surface area contributed by atoms with Crippen LogP contribution in [0.2, 0.25) is 0 Å². The topological polar surface area (TPSA) is 37.4 Å². The molecule has 1 aliphatic rings. The molecule has 0 bridgehead atoms. The van der Waals surface area contributed by atoms with Gasteiger partial charge in [0.15, 0.2) is 0 Å². The maximum absolute atomic E-state index is 12.6. The number of hydrogen-bond donors (Lipinski definition) is 0. The summed E-state index contributed by atoms with van der Waals surface area (Å²) in [5, 5.41) is 0. The average Bonchev–Trinajstić information content (AvgIpc) is 3.09. The lowest BCUT2D eigenvalue weighted by Gasteiger charge is -2.23. The molecule has 18 heavy (non-hydrogen) atoms. The van der Waals surface area contributed by atoms with Crippen molar-refractivity contribution in [3.05, 3.63) is 28.7 Å². The molecule has 0 heterocycles. The molecule has 5 heteroatoms. The molecule has 0 spiro atoms. The van der Waals surface area contributed by atoms with Crippen molar-refractivity contribution in [1.29, 1.82) is 0 Å². The zero-order valence-corrected chi connectivity index (χ0v) is 13.0. The van der Waals surface area contributed by atoms with Gasteiger partial charge in [-0.1, -0.05) is 35.8 Å². The standard InChI is InChI=1S/C13H18BrNO2S/c1-10(2)9-15(12-6-7-12)18(16,17)13-5-3-4-11(14)8-13/h3-5,8,10,12H,6-7,9H2,1-2H3. The number of benzene rings is 1. The third kappa shape index (κ3) is 3.13. The Kier molecular flexibility index (Phi) is 4.14. The Hall–Kier alpha value is -0.390. The third-order valence-electron chi connectivity index (χ3n) is 2.90. The molecule has 0 atom stereocenters. The Morgan fingerprint density at radius 1 is 1.39 bits per heavy atom. The van der Waals surface area contributed by atoms with Gasteiger partial charge in [-0.3, -0.25) is 0 Å². The van der Waals surface area contributed by atoms with Gasteiger partial charge in [0.1, 0.15) is 0 Å². The quantitative estimate of drug-likeness (QED) is 0.830. The number of halogens is 1. The van der Waals surface area contributed by atoms with Crippen molar-refractivity contribution in [2.75, 3.05) is 6.54 Å². The van der Waals surface area contributed by atoms with E-state index in [1.807, 2.05) is 19.9 Å². The fraction of sp³-hybridized carbons (Fsp3) is 0.538. The first-order chi connectivity index (χ1) is 8.41. The number of sulfonamides is 1. The van der Waals surface area contributed by atoms with Crippen LogP contribution in [0, 0.1) is 5.92 Å². The average molecular weight is 332 g/mol. The minimum atomic E-state index is -3.35. The van der Waals surface area contributed by atoms with Crippen LogP contribution in [0.3, 0.4) is 0 Å². The molecular formula is C13H18BrNO2S. The van der Waals surface area contributed by atoms with Crippen molar-refractivity contribution in [2.45, 2.75) is 37.6 Å². The van der Waals surface area contributed by atoms with Gasteiger partial charge in [-0.25, -0.2) is 8.42 Å². The van der Waals surface area contributed by atoms with Crippen molar-refractivity contribution >= 4 is 26.0 Å². The van der Waals surface area contributed by atoms with Crippen LogP contribution in [-0.4, -0.2) is 25.3 Å². The summed E-state index contributed by atoms with van der Waals surface area (Å²) < 4.78 is 27.7. The molecule has 0 N–H and O–H groups in total. The lowest BCUT2D eigenvalue weighted by Crippen LogP contribution is -2.36. The fourth-order valence-corrected chi connectivity index (χ4v) is 4.37. The largest absolute Gasteiger partial charge is 0.243 e. The Morgan fingerprint density at radius 3 is 2.56 bits per heavy atom. The van der Waals surface area contributed by atoms with Crippen molar-refractivity contribution in [3.8, 4) is 0 Å². The normalized spacial score (nSPS) is 16.5. The van der Waals surface area contributed by atoms with Crippen molar-refractivity contribution in [1.82, 2.24) is 4.31 Å². The summed E-state index contributed by atoms with van der Waals surface area (Å²) in [7, 11) is -3.35. The summed E-state index contributed by atoms with van der Waals surface area (Å²) in [6.07, 6.45) is 1.97. The van der Waals surface area contributed by atoms with E-state index in [9.17, 15) is 8.42 Å². The number of nitrogens with zero attached hydrogens (tertiary/aromatic N) is 1. The maximum atomic E-state index is 12.6. The molecule has 0 aliphatic heterocycles. The highest BCUT2D eigenvalue weighted by Crippen LogP contribution is 2.33. The van der Waals surface area contributed by atoms with Gasteiger partial charge in [0, 0.05) is 17.1 Å². The monoisotopic (exact) mass is 331 g/mol. The van der Waals surface area contributed by atoms with E-state index in [2.05, 4.69) is 15.9 Å². The summed E-state index contributed by atoms with van der Waals surface area (Å²) in [5.41, 5.74) is 0. The van der Waals surface area contributed by atoms with E-state index in [1.54, 1.807) is 22.5 Å². The number of hydrogen-bond acceptors (Lipinski definition) is 2. The zero-order chi connectivity index (χ0) is 13.3. The molecule has 3 nitrogen and oxygen atoms in total. The second-order valence-electron chi connectivity index (χ2n) is 5.16. The molecule has 2 rings (SSSR count). The van der Waals surface area contributed by atoms with Crippen LogP contribution < -0.4 is 0 Å². The first-order valence-electron chi connectivity index (χ1n) is 6.18. The lowest BCUT2D eigenvalue weighted by molar-refractivity contribution is 0.360. The Bertz CT molecular complexity index is 524. The van der Waals surface area contributed by atoms with Crippen molar-refractivity contribution < 1.29 is 8.42 Å². The van der Waals surface area contributed by atoms with Crippen LogP contribution in [0.15, 0.2) is 33.6 Å². The van der Waals surface area contributed by atoms with Crippen molar-refractivity contribution in [3.63, 3.8) is 0 Å². The van der Waals surface area contributed by atoms with Gasteiger partial charge in [-0.2, -0.15) is 4.31 Å². The summed E-state index contributed by atoms with van der Waals surface area (Å²) in [4.78, 5) is 0.379. The minimum absolute atomic E-state index is 0.205. The summed E-state index contributed by atoms with van der Waals surface area (Å²) in [5.74, 6) is 0.340. The van der Waals surface area contributed by atoms with Gasteiger partial charge >= 0.3 is 0 Å². The smallest absolute Gasteiger partial charge is 0.207 e. The van der Waals surface area contributed by atoms with E-state index in [-0.39, 0.29) is 6.04 Å². The van der Waals surface area contributed by atoms with E-state index in [0.29, 0.717) is 17.4 Å². The van der Waals surface area contributed by atoms with Gasteiger partial charge in [0.05, 0.1) is 4.90 Å². The lowest BCUT2D eigenvalue weighted by atomic mass is 10.2. The van der Waals surface area contributed by atoms with Gasteiger partial charge in [0.2, 0.25) is 10.0 Å². The second kappa shape index (κ2) is 5.31. The predicted molar refractivity (Wildman–Crippen MR) is 75.9 cm³/mol. The van der Waals surface area contributed by atoms with Crippen LogP contribution in [0.5, 0.6) is 0 Å². The summed E-state index contributed by atoms with van der Waals surface area (Å²) >= 11 is 3.32. The fourth-order valence-electron chi connectivity index (χ4n) is 1.93. The minimum Gasteiger partial charge on any atom is -0.207 e. The van der Waals surface area contributed by atoms with E-state index < -0.39 is 10.0 Å². The maximum Gasteiger partial charge on any atom is 0.243 e. The summed E-state index contributed by atoms with van der Waals surface area (Å²) in [6.45, 7) is 4.69. The molecule has 0 amide bonds. The molecule has 1 saturated carbocycles. The van der Waals surface area contributed by atoms with Gasteiger partial charge < -0.3 is 0 Å². The van der Waals surface area contributed by atoms with Gasteiger partial charge in [-0.05, 0) is 37.0 Å². The highest BCUT2D eigenvalue weighted by molar-refractivity contribution is 9.10. The Balaban J connectivity index is 2.33. The molecule has 0 unspecified atom stereocenters. The Labute approximate surface area is 117 Å². The van der Waals surface area contributed by atoms with Gasteiger partial charge in [-0.15, -0.1) is 0 Å². The molecule has 0 aromatic heterocycles. The second-order valence-corrected chi connectivity index (χ2v) is 7.96. The third-order valence-corrected chi connectivity index (χ3v) is 5.31. The molecule has 1 aromatic carbocycles. The van der Waals surface area contributed by atoms with Crippen LogP contribution in [0.25, 0.3) is 0 Å². The molecule has 1 aromatic rings. The van der Waals surface area contributed by atoms with Crippen LogP contribution in [0.4, 0.5) is 0 Å². The van der Waals surface area contributed by atoms with Crippen LogP contribution in [-0.2, 0) is 10.0 Å². The van der Waals surface area contributed by atoms with E-state index >= 15 is 0 Å². The first kappa shape index (κ1) is 14.0. The van der Waals surface area contributed by atoms with Crippen LogP contribution in [0.1, 0.15) is 26.7 Å². The first-order valence-corrected chi connectivity index (χ1v) is 8.42. The SMILES string of the molecule is CC(C)CN(C1CC1)S(=O)(=O)c1cccc(Br)c1. The molecular weight excluding hydrogens is 314 g/mol. The molecule has 0 radical (unpaired) electrons. The molecule has 100 valence electrons. The van der Waals surface area contributed by atoms with E-state index in [0.717, 1.165) is 17.3 Å². The zero-order valence-electron chi connectivity index (χ0n) is 10.6. The Morgan fingerprint density at radius 2 is 2.06 bits per heavy atom. The molecule has 1 fully saturated rings. The predicted octanol–water partition coefficient (Wildman–Crippen LogP) is 3.26. The van der Waals surface area contributed by atoms with E-state index in [1.165, 1.54) is 0 Å². The van der Waals surface area contributed by atoms with Crippen molar-refractivity contribution in [2.24, 2.45) is 5.92 Å². The molecule has 1 aliphatic carbocycles. The van der Waals surface area contributed by atoms with Crippen LogP contribution >= 0.6 is 15.9 Å². The highest BCUT2D eigenvalue weighted by Gasteiger charge is 2.38. The van der Waals surface area contributed by atoms with E-state index in [4.69, 9.17) is 0 Å². The highest BCUT2D eigenvalue weighted by atomic mass is 79.9. The number of rotatable bonds is 5.